The SMILES string of the molecule is CCCCCSc1c(F)cccc1C(C)=O. The monoisotopic (exact) mass is 240 g/mol. The topological polar surface area (TPSA) is 17.1 Å². The second-order valence-electron chi connectivity index (χ2n) is 3.73. The van der Waals surface area contributed by atoms with E-state index in [0.717, 1.165) is 25.0 Å². The highest BCUT2D eigenvalue weighted by Gasteiger charge is 2.11. The number of thioether (sulfide) groups is 1. The molecule has 0 radical (unpaired) electrons. The van der Waals surface area contributed by atoms with Crippen molar-refractivity contribution >= 4 is 17.5 Å². The Kier molecular flexibility index (Phi) is 5.53. The molecule has 0 amide bonds. The fourth-order valence-electron chi connectivity index (χ4n) is 1.46. The number of hydrogen-bond donors (Lipinski definition) is 0. The summed E-state index contributed by atoms with van der Waals surface area (Å²) in [6.07, 6.45) is 3.36. The average Bonchev–Trinajstić information content (AvgIpc) is 2.25. The number of Topliss-reactive ketones (excluding diaryl/α,β-unsaturated/α-hetero) is 1. The predicted octanol–water partition coefficient (Wildman–Crippen LogP) is 4.31. The van der Waals surface area contributed by atoms with E-state index in [1.807, 2.05) is 0 Å². The lowest BCUT2D eigenvalue weighted by Gasteiger charge is -2.07. The maximum absolute atomic E-state index is 13.5. The molecule has 1 rings (SSSR count). The number of carbonyl (C=O) groups is 1. The van der Waals surface area contributed by atoms with Crippen LogP contribution in [0.4, 0.5) is 4.39 Å². The summed E-state index contributed by atoms with van der Waals surface area (Å²) < 4.78 is 13.5. The second-order valence-corrected chi connectivity index (χ2v) is 4.83. The molecule has 1 aromatic carbocycles. The summed E-state index contributed by atoms with van der Waals surface area (Å²) in [5.74, 6) is 0.515. The Labute approximate surface area is 100 Å². The average molecular weight is 240 g/mol. The largest absolute Gasteiger partial charge is 0.294 e. The van der Waals surface area contributed by atoms with Crippen molar-refractivity contribution in [2.45, 2.75) is 38.0 Å². The number of hydrogen-bond acceptors (Lipinski definition) is 2. The van der Waals surface area contributed by atoms with Gasteiger partial charge in [-0.2, -0.15) is 0 Å². The zero-order valence-electron chi connectivity index (χ0n) is 9.75. The molecule has 0 spiro atoms. The van der Waals surface area contributed by atoms with E-state index in [4.69, 9.17) is 0 Å². The maximum Gasteiger partial charge on any atom is 0.161 e. The summed E-state index contributed by atoms with van der Waals surface area (Å²) in [5.41, 5.74) is 0.501. The quantitative estimate of drug-likeness (QED) is 0.418. The number of benzene rings is 1. The van der Waals surface area contributed by atoms with Crippen LogP contribution in [0.5, 0.6) is 0 Å². The van der Waals surface area contributed by atoms with E-state index in [2.05, 4.69) is 6.92 Å². The molecular weight excluding hydrogens is 223 g/mol. The number of ketones is 1. The lowest BCUT2D eigenvalue weighted by Crippen LogP contribution is -1.98. The van der Waals surface area contributed by atoms with Crippen LogP contribution < -0.4 is 0 Å². The normalized spacial score (nSPS) is 10.4. The van der Waals surface area contributed by atoms with E-state index in [1.54, 1.807) is 12.1 Å². The molecule has 0 N–H and O–H groups in total. The molecular formula is C13H17FOS. The summed E-state index contributed by atoms with van der Waals surface area (Å²) >= 11 is 1.45. The van der Waals surface area contributed by atoms with Crippen LogP contribution in [0.2, 0.25) is 0 Å². The lowest BCUT2D eigenvalue weighted by molar-refractivity contribution is 0.101. The molecule has 1 nitrogen and oxygen atoms in total. The smallest absolute Gasteiger partial charge is 0.161 e. The third-order valence-electron chi connectivity index (χ3n) is 2.34. The number of halogens is 1. The van der Waals surface area contributed by atoms with E-state index in [9.17, 15) is 9.18 Å². The van der Waals surface area contributed by atoms with Gasteiger partial charge in [-0.3, -0.25) is 4.79 Å². The minimum atomic E-state index is -0.283. The molecule has 0 aromatic heterocycles. The first-order chi connectivity index (χ1) is 7.66. The van der Waals surface area contributed by atoms with E-state index in [-0.39, 0.29) is 11.6 Å². The first-order valence-corrected chi connectivity index (χ1v) is 6.57. The van der Waals surface area contributed by atoms with Crippen molar-refractivity contribution in [1.82, 2.24) is 0 Å². The van der Waals surface area contributed by atoms with Gasteiger partial charge < -0.3 is 0 Å². The highest BCUT2D eigenvalue weighted by atomic mass is 32.2. The Morgan fingerprint density at radius 2 is 2.12 bits per heavy atom. The lowest BCUT2D eigenvalue weighted by atomic mass is 10.1. The Morgan fingerprint density at radius 3 is 2.75 bits per heavy atom. The Morgan fingerprint density at radius 1 is 1.38 bits per heavy atom. The van der Waals surface area contributed by atoms with Crippen LogP contribution in [0.3, 0.4) is 0 Å². The third-order valence-corrected chi connectivity index (χ3v) is 3.54. The molecule has 0 heterocycles. The van der Waals surface area contributed by atoms with Gasteiger partial charge in [0.25, 0.3) is 0 Å². The van der Waals surface area contributed by atoms with Crippen LogP contribution in [0.1, 0.15) is 43.5 Å². The Bertz CT molecular complexity index is 363. The van der Waals surface area contributed by atoms with Crippen LogP contribution in [-0.2, 0) is 0 Å². The summed E-state index contributed by atoms with van der Waals surface area (Å²) in [6, 6.07) is 4.68. The van der Waals surface area contributed by atoms with Gasteiger partial charge in [0, 0.05) is 5.56 Å². The molecule has 0 aliphatic carbocycles. The van der Waals surface area contributed by atoms with Gasteiger partial charge in [-0.25, -0.2) is 4.39 Å². The number of rotatable bonds is 6. The number of carbonyl (C=O) groups excluding carboxylic acids is 1. The van der Waals surface area contributed by atoms with E-state index < -0.39 is 0 Å². The fraction of sp³-hybridized carbons (Fsp3) is 0.462. The van der Waals surface area contributed by atoms with Crippen molar-refractivity contribution in [1.29, 1.82) is 0 Å². The predicted molar refractivity (Wildman–Crippen MR) is 66.7 cm³/mol. The van der Waals surface area contributed by atoms with Crippen molar-refractivity contribution < 1.29 is 9.18 Å². The van der Waals surface area contributed by atoms with Gasteiger partial charge in [0.2, 0.25) is 0 Å². The van der Waals surface area contributed by atoms with Crippen molar-refractivity contribution in [3.8, 4) is 0 Å². The molecule has 0 saturated heterocycles. The van der Waals surface area contributed by atoms with Gasteiger partial charge >= 0.3 is 0 Å². The Balaban J connectivity index is 2.73. The standard InChI is InChI=1S/C13H17FOS/c1-3-4-5-9-16-13-11(10(2)15)7-6-8-12(13)14/h6-8H,3-5,9H2,1-2H3. The molecule has 0 bridgehead atoms. The van der Waals surface area contributed by atoms with Gasteiger partial charge in [0.1, 0.15) is 5.82 Å². The summed E-state index contributed by atoms with van der Waals surface area (Å²) in [6.45, 7) is 3.61. The molecule has 0 fully saturated rings. The molecule has 0 unspecified atom stereocenters. The Hall–Kier alpha value is -0.830. The van der Waals surface area contributed by atoms with Crippen molar-refractivity contribution in [2.24, 2.45) is 0 Å². The summed E-state index contributed by atoms with van der Waals surface area (Å²) in [5, 5.41) is 0. The van der Waals surface area contributed by atoms with Crippen LogP contribution in [0.15, 0.2) is 23.1 Å². The minimum absolute atomic E-state index is 0.0718. The fourth-order valence-corrected chi connectivity index (χ4v) is 2.58. The minimum Gasteiger partial charge on any atom is -0.294 e. The molecule has 88 valence electrons. The third kappa shape index (κ3) is 3.63. The molecule has 0 aliphatic heterocycles. The first-order valence-electron chi connectivity index (χ1n) is 5.59. The molecule has 0 aliphatic rings. The van der Waals surface area contributed by atoms with Gasteiger partial charge in [0.15, 0.2) is 5.78 Å². The summed E-state index contributed by atoms with van der Waals surface area (Å²) in [7, 11) is 0. The number of unbranched alkanes of at least 4 members (excludes halogenated alkanes) is 2. The zero-order chi connectivity index (χ0) is 12.0. The van der Waals surface area contributed by atoms with Crippen molar-refractivity contribution in [3.63, 3.8) is 0 Å². The van der Waals surface area contributed by atoms with Gasteiger partial charge in [-0.05, 0) is 25.2 Å². The van der Waals surface area contributed by atoms with E-state index in [1.165, 1.54) is 24.8 Å². The second kappa shape index (κ2) is 6.69. The van der Waals surface area contributed by atoms with Gasteiger partial charge in [0.05, 0.1) is 4.90 Å². The van der Waals surface area contributed by atoms with Crippen molar-refractivity contribution in [3.05, 3.63) is 29.6 Å². The maximum atomic E-state index is 13.5. The van der Waals surface area contributed by atoms with Gasteiger partial charge in [-0.15, -0.1) is 11.8 Å². The molecule has 3 heteroatoms. The zero-order valence-corrected chi connectivity index (χ0v) is 10.6. The molecule has 0 atom stereocenters. The highest BCUT2D eigenvalue weighted by Crippen LogP contribution is 2.27. The summed E-state index contributed by atoms with van der Waals surface area (Å²) in [4.78, 5) is 11.8. The van der Waals surface area contributed by atoms with Crippen molar-refractivity contribution in [2.75, 3.05) is 5.75 Å². The van der Waals surface area contributed by atoms with Crippen LogP contribution >= 0.6 is 11.8 Å². The molecule has 16 heavy (non-hydrogen) atoms. The molecule has 0 saturated carbocycles. The van der Waals surface area contributed by atoms with Crippen LogP contribution in [0.25, 0.3) is 0 Å². The van der Waals surface area contributed by atoms with E-state index in [0.29, 0.717) is 10.5 Å². The van der Waals surface area contributed by atoms with Crippen LogP contribution in [0, 0.1) is 5.82 Å². The van der Waals surface area contributed by atoms with E-state index >= 15 is 0 Å². The first kappa shape index (κ1) is 13.2. The molecule has 1 aromatic rings. The highest BCUT2D eigenvalue weighted by molar-refractivity contribution is 7.99. The van der Waals surface area contributed by atoms with Crippen LogP contribution in [-0.4, -0.2) is 11.5 Å². The van der Waals surface area contributed by atoms with Gasteiger partial charge in [-0.1, -0.05) is 31.9 Å².